The Morgan fingerprint density at radius 1 is 1.00 bits per heavy atom. The second-order valence-corrected chi connectivity index (χ2v) is 5.56. The van der Waals surface area contributed by atoms with Gasteiger partial charge in [-0.1, -0.05) is 18.2 Å². The van der Waals surface area contributed by atoms with Crippen LogP contribution in [-0.4, -0.2) is 24.2 Å². The molecule has 2 aromatic rings. The van der Waals surface area contributed by atoms with Crippen LogP contribution in [0.5, 0.6) is 0 Å². The Morgan fingerprint density at radius 2 is 1.75 bits per heavy atom. The molecule has 0 saturated carbocycles. The fraction of sp³-hybridized carbons (Fsp3) is 0.316. The number of hydrogen-bond donors (Lipinski definition) is 3. The summed E-state index contributed by atoms with van der Waals surface area (Å²) in [6.07, 6.45) is 2.80. The highest BCUT2D eigenvalue weighted by Crippen LogP contribution is 2.11. The van der Waals surface area contributed by atoms with E-state index in [1.807, 2.05) is 12.1 Å². The minimum atomic E-state index is -0.321. The fourth-order valence-corrected chi connectivity index (χ4v) is 2.31. The van der Waals surface area contributed by atoms with E-state index in [1.54, 1.807) is 30.3 Å². The Morgan fingerprint density at radius 3 is 2.46 bits per heavy atom. The Labute approximate surface area is 141 Å². The third-order valence-corrected chi connectivity index (χ3v) is 3.71. The molecule has 3 N–H and O–H groups in total. The summed E-state index contributed by atoms with van der Waals surface area (Å²) in [5.41, 5.74) is 1.95. The first-order chi connectivity index (χ1) is 11.7. The molecule has 0 radical (unpaired) electrons. The van der Waals surface area contributed by atoms with Crippen LogP contribution in [0.1, 0.15) is 35.2 Å². The molecule has 0 aromatic heterocycles. The minimum Gasteiger partial charge on any atom is -0.396 e. The summed E-state index contributed by atoms with van der Waals surface area (Å²) in [6.45, 7) is 1.23. The summed E-state index contributed by atoms with van der Waals surface area (Å²) in [7, 11) is 0. The van der Waals surface area contributed by atoms with Crippen molar-refractivity contribution in [2.24, 2.45) is 0 Å². The van der Waals surface area contributed by atoms with Crippen LogP contribution in [0, 0.1) is 5.82 Å². The normalized spacial score (nSPS) is 10.4. The number of anilines is 1. The molecular weight excluding hydrogens is 307 g/mol. The third kappa shape index (κ3) is 5.66. The molecule has 2 aromatic carbocycles. The Balaban J connectivity index is 1.79. The van der Waals surface area contributed by atoms with Gasteiger partial charge in [0.05, 0.1) is 0 Å². The van der Waals surface area contributed by atoms with Crippen molar-refractivity contribution >= 4 is 11.6 Å². The summed E-state index contributed by atoms with van der Waals surface area (Å²) < 4.78 is 13.5. The molecular formula is C19H23FN2O2. The number of unbranched alkanes of at least 4 members (excludes halogenated alkanes) is 2. The van der Waals surface area contributed by atoms with Crippen molar-refractivity contribution < 1.29 is 14.3 Å². The van der Waals surface area contributed by atoms with Gasteiger partial charge < -0.3 is 15.7 Å². The highest BCUT2D eigenvalue weighted by molar-refractivity contribution is 5.94. The second-order valence-electron chi connectivity index (χ2n) is 5.56. The van der Waals surface area contributed by atoms with E-state index in [0.717, 1.165) is 31.5 Å². The standard InChI is InChI=1S/C19H23FN2O2/c20-18-7-3-2-6-16(18)14-22-19(24)15-8-10-17(11-9-15)21-12-4-1-5-13-23/h2-3,6-11,21,23H,1,4-5,12-14H2,(H,22,24). The summed E-state index contributed by atoms with van der Waals surface area (Å²) in [5.74, 6) is -0.550. The molecule has 0 aliphatic heterocycles. The number of amides is 1. The molecule has 0 atom stereocenters. The topological polar surface area (TPSA) is 61.4 Å². The van der Waals surface area contributed by atoms with E-state index in [2.05, 4.69) is 10.6 Å². The lowest BCUT2D eigenvalue weighted by atomic mass is 10.1. The Hall–Kier alpha value is -2.40. The molecule has 1 amide bonds. The monoisotopic (exact) mass is 330 g/mol. The van der Waals surface area contributed by atoms with E-state index in [1.165, 1.54) is 6.07 Å². The molecule has 0 saturated heterocycles. The number of rotatable bonds is 9. The van der Waals surface area contributed by atoms with E-state index in [9.17, 15) is 9.18 Å². The Bertz CT molecular complexity index is 644. The number of benzene rings is 2. The van der Waals surface area contributed by atoms with Crippen molar-refractivity contribution in [3.63, 3.8) is 0 Å². The summed E-state index contributed by atoms with van der Waals surface area (Å²) in [6, 6.07) is 13.6. The molecule has 5 heteroatoms. The van der Waals surface area contributed by atoms with E-state index < -0.39 is 0 Å². The highest BCUT2D eigenvalue weighted by Gasteiger charge is 2.07. The molecule has 4 nitrogen and oxygen atoms in total. The SMILES string of the molecule is O=C(NCc1ccccc1F)c1ccc(NCCCCCO)cc1. The van der Waals surface area contributed by atoms with Gasteiger partial charge in [-0.25, -0.2) is 4.39 Å². The predicted molar refractivity (Wildman–Crippen MR) is 93.4 cm³/mol. The zero-order chi connectivity index (χ0) is 17.2. The molecule has 0 bridgehead atoms. The first kappa shape index (κ1) is 17.9. The maximum atomic E-state index is 13.5. The lowest BCUT2D eigenvalue weighted by Gasteiger charge is -2.09. The lowest BCUT2D eigenvalue weighted by molar-refractivity contribution is 0.0950. The van der Waals surface area contributed by atoms with Crippen LogP contribution in [0.3, 0.4) is 0 Å². The van der Waals surface area contributed by atoms with Gasteiger partial charge in [0.1, 0.15) is 5.82 Å². The van der Waals surface area contributed by atoms with Crippen LogP contribution in [-0.2, 0) is 6.54 Å². The molecule has 0 aliphatic rings. The van der Waals surface area contributed by atoms with E-state index in [4.69, 9.17) is 5.11 Å². The highest BCUT2D eigenvalue weighted by atomic mass is 19.1. The van der Waals surface area contributed by atoms with Gasteiger partial charge in [0, 0.05) is 36.5 Å². The summed E-state index contributed by atoms with van der Waals surface area (Å²) >= 11 is 0. The number of hydrogen-bond acceptors (Lipinski definition) is 3. The first-order valence-corrected chi connectivity index (χ1v) is 8.17. The van der Waals surface area contributed by atoms with Crippen molar-refractivity contribution in [1.29, 1.82) is 0 Å². The molecule has 0 fully saturated rings. The van der Waals surface area contributed by atoms with Crippen molar-refractivity contribution in [2.75, 3.05) is 18.5 Å². The van der Waals surface area contributed by atoms with Gasteiger partial charge in [0.2, 0.25) is 0 Å². The van der Waals surface area contributed by atoms with Crippen molar-refractivity contribution in [3.05, 3.63) is 65.5 Å². The first-order valence-electron chi connectivity index (χ1n) is 8.17. The minimum absolute atomic E-state index is 0.163. The lowest BCUT2D eigenvalue weighted by Crippen LogP contribution is -2.23. The van der Waals surface area contributed by atoms with Gasteiger partial charge in [-0.3, -0.25) is 4.79 Å². The molecule has 0 spiro atoms. The zero-order valence-corrected chi connectivity index (χ0v) is 13.6. The number of carbonyl (C=O) groups is 1. The van der Waals surface area contributed by atoms with Crippen LogP contribution in [0.25, 0.3) is 0 Å². The molecule has 0 aliphatic carbocycles. The maximum Gasteiger partial charge on any atom is 0.251 e. The number of carbonyl (C=O) groups excluding carboxylic acids is 1. The van der Waals surface area contributed by atoms with E-state index >= 15 is 0 Å². The second kappa shape index (κ2) is 9.67. The predicted octanol–water partition coefficient (Wildman–Crippen LogP) is 3.33. The Kier molecular flexibility index (Phi) is 7.23. The van der Waals surface area contributed by atoms with Crippen molar-refractivity contribution in [3.8, 4) is 0 Å². The average molecular weight is 330 g/mol. The van der Waals surface area contributed by atoms with Gasteiger partial charge in [-0.2, -0.15) is 0 Å². The molecule has 0 heterocycles. The zero-order valence-electron chi connectivity index (χ0n) is 13.6. The molecule has 24 heavy (non-hydrogen) atoms. The molecule has 0 unspecified atom stereocenters. The van der Waals surface area contributed by atoms with Crippen molar-refractivity contribution in [1.82, 2.24) is 5.32 Å². The third-order valence-electron chi connectivity index (χ3n) is 3.71. The summed E-state index contributed by atoms with van der Waals surface area (Å²) in [4.78, 5) is 12.1. The summed E-state index contributed by atoms with van der Waals surface area (Å²) in [5, 5.41) is 14.7. The number of nitrogens with one attached hydrogen (secondary N) is 2. The van der Waals surface area contributed by atoms with E-state index in [-0.39, 0.29) is 24.9 Å². The largest absolute Gasteiger partial charge is 0.396 e. The fourth-order valence-electron chi connectivity index (χ4n) is 2.31. The van der Waals surface area contributed by atoms with Crippen LogP contribution in [0.15, 0.2) is 48.5 Å². The average Bonchev–Trinajstić information content (AvgIpc) is 2.61. The van der Waals surface area contributed by atoms with Crippen LogP contribution in [0.2, 0.25) is 0 Å². The van der Waals surface area contributed by atoms with Crippen LogP contribution in [0.4, 0.5) is 10.1 Å². The maximum absolute atomic E-state index is 13.5. The van der Waals surface area contributed by atoms with Gasteiger partial charge in [-0.05, 0) is 49.6 Å². The smallest absolute Gasteiger partial charge is 0.251 e. The molecule has 128 valence electrons. The number of aliphatic hydroxyl groups excluding tert-OH is 1. The van der Waals surface area contributed by atoms with Gasteiger partial charge in [-0.15, -0.1) is 0 Å². The number of aliphatic hydroxyl groups is 1. The van der Waals surface area contributed by atoms with Gasteiger partial charge >= 0.3 is 0 Å². The quantitative estimate of drug-likeness (QED) is 0.618. The van der Waals surface area contributed by atoms with Crippen LogP contribution >= 0.6 is 0 Å². The van der Waals surface area contributed by atoms with E-state index in [0.29, 0.717) is 11.1 Å². The van der Waals surface area contributed by atoms with Crippen molar-refractivity contribution in [2.45, 2.75) is 25.8 Å². The van der Waals surface area contributed by atoms with Gasteiger partial charge in [0.25, 0.3) is 5.91 Å². The molecule has 2 rings (SSSR count). The van der Waals surface area contributed by atoms with Crippen LogP contribution < -0.4 is 10.6 Å². The number of halogens is 1. The van der Waals surface area contributed by atoms with Gasteiger partial charge in [0.15, 0.2) is 0 Å².